The molecular formula is C19H24O. The number of unbranched alkanes of at least 4 members (excludes halogenated alkanes) is 1. The van der Waals surface area contributed by atoms with Crippen LogP contribution in [0.15, 0.2) is 60.7 Å². The fourth-order valence-corrected chi connectivity index (χ4v) is 2.64. The van der Waals surface area contributed by atoms with Crippen LogP contribution in [0.2, 0.25) is 0 Å². The first-order valence-corrected chi connectivity index (χ1v) is 7.31. The van der Waals surface area contributed by atoms with Crippen molar-refractivity contribution < 1.29 is 6.48 Å². The molecule has 2 aromatic carbocycles. The summed E-state index contributed by atoms with van der Waals surface area (Å²) in [6.45, 7) is 0.437. The van der Waals surface area contributed by atoms with E-state index in [1.807, 2.05) is 36.4 Å². The number of rotatable bonds is 7. The van der Waals surface area contributed by atoms with Crippen molar-refractivity contribution in [3.63, 3.8) is 0 Å². The van der Waals surface area contributed by atoms with Gasteiger partial charge < -0.3 is 5.11 Å². The molecule has 1 N–H and O–H groups in total. The van der Waals surface area contributed by atoms with Crippen LogP contribution in [0.3, 0.4) is 0 Å². The summed E-state index contributed by atoms with van der Waals surface area (Å²) in [4.78, 5) is 0. The van der Waals surface area contributed by atoms with E-state index in [2.05, 4.69) is 24.3 Å². The second-order valence-electron chi connectivity index (χ2n) is 5.51. The summed E-state index contributed by atoms with van der Waals surface area (Å²) in [5.41, 5.74) is 1.61. The van der Waals surface area contributed by atoms with Crippen LogP contribution >= 0.6 is 0 Å². The van der Waals surface area contributed by atoms with Crippen LogP contribution in [-0.2, 0) is 12.8 Å². The largest absolute Gasteiger partial charge is 0.389 e. The van der Waals surface area contributed by atoms with Crippen molar-refractivity contribution in [3.8, 4) is 0 Å². The van der Waals surface area contributed by atoms with Crippen LogP contribution in [0.25, 0.3) is 0 Å². The number of benzene rings is 2. The summed E-state index contributed by atoms with van der Waals surface area (Å²) in [6.07, 6.45) is 3.84. The Labute approximate surface area is 123 Å². The molecule has 0 bridgehead atoms. The van der Waals surface area contributed by atoms with E-state index in [1.54, 1.807) is 0 Å². The molecule has 0 saturated heterocycles. The van der Waals surface area contributed by atoms with Gasteiger partial charge in [0.2, 0.25) is 0 Å². The van der Waals surface area contributed by atoms with Gasteiger partial charge in [0.15, 0.2) is 0 Å². The average Bonchev–Trinajstić information content (AvgIpc) is 2.49. The SMILES string of the molecule is [2H]CCCCC(O)(Cc1ccccc1)Cc1ccccc1. The minimum Gasteiger partial charge on any atom is -0.389 e. The zero-order valence-corrected chi connectivity index (χ0v) is 12.0. The summed E-state index contributed by atoms with van der Waals surface area (Å²) >= 11 is 0. The first-order valence-electron chi connectivity index (χ1n) is 8.02. The molecule has 1 heteroatoms. The third-order valence-corrected chi connectivity index (χ3v) is 3.64. The minimum atomic E-state index is -0.724. The molecule has 106 valence electrons. The van der Waals surface area contributed by atoms with Crippen molar-refractivity contribution in [3.05, 3.63) is 71.8 Å². The van der Waals surface area contributed by atoms with Crippen LogP contribution in [-0.4, -0.2) is 10.7 Å². The lowest BCUT2D eigenvalue weighted by Gasteiger charge is -2.28. The summed E-state index contributed by atoms with van der Waals surface area (Å²) in [6, 6.07) is 20.3. The van der Waals surface area contributed by atoms with E-state index in [0.717, 1.165) is 19.3 Å². The van der Waals surface area contributed by atoms with Crippen molar-refractivity contribution in [2.45, 2.75) is 44.6 Å². The highest BCUT2D eigenvalue weighted by molar-refractivity contribution is 5.21. The normalized spacial score (nSPS) is 12.2. The summed E-state index contributed by atoms with van der Waals surface area (Å²) < 4.78 is 7.27. The van der Waals surface area contributed by atoms with Crippen molar-refractivity contribution in [2.24, 2.45) is 0 Å². The Kier molecular flexibility index (Phi) is 4.86. The molecule has 0 aliphatic heterocycles. The van der Waals surface area contributed by atoms with Crippen molar-refractivity contribution in [1.29, 1.82) is 0 Å². The molecule has 2 aromatic rings. The topological polar surface area (TPSA) is 20.2 Å². The molecule has 1 nitrogen and oxygen atoms in total. The fraction of sp³-hybridized carbons (Fsp3) is 0.368. The molecule has 2 rings (SSSR count). The van der Waals surface area contributed by atoms with Crippen LogP contribution in [0.4, 0.5) is 0 Å². The second-order valence-corrected chi connectivity index (χ2v) is 5.51. The summed E-state index contributed by atoms with van der Waals surface area (Å²) in [7, 11) is 0. The van der Waals surface area contributed by atoms with E-state index >= 15 is 0 Å². The van der Waals surface area contributed by atoms with Crippen molar-refractivity contribution >= 4 is 0 Å². The molecule has 0 aromatic heterocycles. The molecule has 0 aliphatic rings. The molecule has 0 spiro atoms. The van der Waals surface area contributed by atoms with E-state index in [1.165, 1.54) is 11.1 Å². The third kappa shape index (κ3) is 4.50. The highest BCUT2D eigenvalue weighted by Gasteiger charge is 2.26. The van der Waals surface area contributed by atoms with Gasteiger partial charge in [-0.3, -0.25) is 0 Å². The van der Waals surface area contributed by atoms with E-state index in [-0.39, 0.29) is 0 Å². The van der Waals surface area contributed by atoms with Gasteiger partial charge in [-0.05, 0) is 17.5 Å². The predicted molar refractivity (Wildman–Crippen MR) is 84.8 cm³/mol. The molecule has 0 aliphatic carbocycles. The fourth-order valence-electron chi connectivity index (χ4n) is 2.64. The number of hydrogen-bond donors (Lipinski definition) is 1. The molecule has 0 unspecified atom stereocenters. The lowest BCUT2D eigenvalue weighted by atomic mass is 9.84. The molecule has 0 amide bonds. The zero-order chi connectivity index (χ0) is 15.0. The Morgan fingerprint density at radius 1 is 0.900 bits per heavy atom. The summed E-state index contributed by atoms with van der Waals surface area (Å²) in [5.74, 6) is 0. The standard InChI is InChI=1S/C19H24O/c1-2-3-14-19(20,15-17-10-6-4-7-11-17)16-18-12-8-5-9-13-18/h4-13,20H,2-3,14-16H2,1H3/i1D. The van der Waals surface area contributed by atoms with Crippen LogP contribution in [0.5, 0.6) is 0 Å². The van der Waals surface area contributed by atoms with E-state index in [9.17, 15) is 5.11 Å². The zero-order valence-electron chi connectivity index (χ0n) is 13.0. The minimum absolute atomic E-state index is 0.437. The Balaban J connectivity index is 2.09. The predicted octanol–water partition coefficient (Wildman–Crippen LogP) is 4.39. The monoisotopic (exact) mass is 269 g/mol. The highest BCUT2D eigenvalue weighted by atomic mass is 16.3. The molecule has 0 radical (unpaired) electrons. The van der Waals surface area contributed by atoms with Gasteiger partial charge in [-0.2, -0.15) is 0 Å². The molecule has 0 fully saturated rings. The maximum atomic E-state index is 11.1. The first kappa shape index (κ1) is 13.4. The number of aliphatic hydroxyl groups is 1. The first-order chi connectivity index (χ1) is 10.2. The van der Waals surface area contributed by atoms with Gasteiger partial charge in [0.05, 0.1) is 5.60 Å². The molecular weight excluding hydrogens is 244 g/mol. The van der Waals surface area contributed by atoms with E-state index in [0.29, 0.717) is 19.7 Å². The van der Waals surface area contributed by atoms with Gasteiger partial charge in [-0.25, -0.2) is 0 Å². The van der Waals surface area contributed by atoms with Gasteiger partial charge in [0.25, 0.3) is 0 Å². The summed E-state index contributed by atoms with van der Waals surface area (Å²) in [5, 5.41) is 11.1. The van der Waals surface area contributed by atoms with Crippen molar-refractivity contribution in [1.82, 2.24) is 0 Å². The molecule has 0 heterocycles. The molecule has 0 atom stereocenters. The third-order valence-electron chi connectivity index (χ3n) is 3.64. The highest BCUT2D eigenvalue weighted by Crippen LogP contribution is 2.25. The maximum Gasteiger partial charge on any atom is 0.0728 e. The van der Waals surface area contributed by atoms with Crippen LogP contribution in [0, 0.1) is 0 Å². The Morgan fingerprint density at radius 3 is 1.85 bits per heavy atom. The Bertz CT molecular complexity index is 468. The van der Waals surface area contributed by atoms with Gasteiger partial charge in [0, 0.05) is 14.2 Å². The molecule has 0 saturated carbocycles. The van der Waals surface area contributed by atoms with Gasteiger partial charge >= 0.3 is 0 Å². The smallest absolute Gasteiger partial charge is 0.0728 e. The van der Waals surface area contributed by atoms with E-state index in [4.69, 9.17) is 1.37 Å². The number of hydrogen-bond acceptors (Lipinski definition) is 1. The average molecular weight is 269 g/mol. The van der Waals surface area contributed by atoms with Crippen LogP contribution < -0.4 is 0 Å². The van der Waals surface area contributed by atoms with Gasteiger partial charge in [0.1, 0.15) is 0 Å². The quantitative estimate of drug-likeness (QED) is 0.739. The molecule has 20 heavy (non-hydrogen) atoms. The lowest BCUT2D eigenvalue weighted by Crippen LogP contribution is -2.34. The van der Waals surface area contributed by atoms with Gasteiger partial charge in [-0.1, -0.05) is 80.4 Å². The maximum absolute atomic E-state index is 11.1. The van der Waals surface area contributed by atoms with Crippen LogP contribution in [0.1, 0.15) is 38.7 Å². The Hall–Kier alpha value is -1.60. The van der Waals surface area contributed by atoms with E-state index < -0.39 is 5.60 Å². The lowest BCUT2D eigenvalue weighted by molar-refractivity contribution is 0.0298. The second kappa shape index (κ2) is 7.25. The van der Waals surface area contributed by atoms with Crippen molar-refractivity contribution in [2.75, 3.05) is 0 Å². The Morgan fingerprint density at radius 2 is 1.40 bits per heavy atom. The van der Waals surface area contributed by atoms with Gasteiger partial charge in [-0.15, -0.1) is 0 Å².